The average Bonchev–Trinajstić information content (AvgIpc) is 3.13. The summed E-state index contributed by atoms with van der Waals surface area (Å²) in [5.74, 6) is -0.498. The number of amides is 1. The second-order valence-electron chi connectivity index (χ2n) is 7.42. The van der Waals surface area contributed by atoms with E-state index in [1.807, 2.05) is 24.3 Å². The molecule has 1 heterocycles. The molecule has 0 saturated carbocycles. The number of aryl methyl sites for hydroxylation is 1. The van der Waals surface area contributed by atoms with Gasteiger partial charge in [0, 0.05) is 19.0 Å². The molecule has 1 aromatic heterocycles. The summed E-state index contributed by atoms with van der Waals surface area (Å²) in [6.07, 6.45) is -0.512. The fourth-order valence-electron chi connectivity index (χ4n) is 4.05. The Morgan fingerprint density at radius 1 is 1.26 bits per heavy atom. The van der Waals surface area contributed by atoms with Crippen LogP contribution in [0, 0.1) is 0 Å². The minimum atomic E-state index is -4.35. The van der Waals surface area contributed by atoms with E-state index in [4.69, 9.17) is 0 Å². The van der Waals surface area contributed by atoms with Gasteiger partial charge >= 0.3 is 6.18 Å². The number of carbonyl (C=O) groups is 1. The van der Waals surface area contributed by atoms with Crippen molar-refractivity contribution in [2.75, 3.05) is 0 Å². The lowest BCUT2D eigenvalue weighted by Gasteiger charge is -2.27. The summed E-state index contributed by atoms with van der Waals surface area (Å²) < 4.78 is 38.8. The lowest BCUT2D eigenvalue weighted by atomic mass is 9.92. The Morgan fingerprint density at radius 3 is 2.56 bits per heavy atom. The Hall–Kier alpha value is -2.35. The number of carbonyl (C=O) groups excluding carboxylic acids is 1. The summed E-state index contributed by atoms with van der Waals surface area (Å²) in [6, 6.07) is 7.02. The number of hydrogen-bond donors (Lipinski definition) is 2. The zero-order valence-corrected chi connectivity index (χ0v) is 14.6. The van der Waals surface area contributed by atoms with Crippen molar-refractivity contribution in [1.82, 2.24) is 15.1 Å². The fourth-order valence-corrected chi connectivity index (χ4v) is 4.05. The third-order valence-electron chi connectivity index (χ3n) is 5.29. The van der Waals surface area contributed by atoms with E-state index in [2.05, 4.69) is 10.4 Å². The molecule has 1 atom stereocenters. The monoisotopic (exact) mass is 379 g/mol. The highest BCUT2D eigenvalue weighted by molar-refractivity contribution is 5.87. The van der Waals surface area contributed by atoms with Gasteiger partial charge in [-0.3, -0.25) is 9.48 Å². The van der Waals surface area contributed by atoms with Gasteiger partial charge in [0.1, 0.15) is 6.54 Å². The minimum Gasteiger partial charge on any atom is -0.379 e. The largest absolute Gasteiger partial charge is 0.408 e. The summed E-state index contributed by atoms with van der Waals surface area (Å²) >= 11 is 0. The molecule has 0 aliphatic heterocycles. The molecular weight excluding hydrogens is 359 g/mol. The van der Waals surface area contributed by atoms with Crippen LogP contribution in [-0.4, -0.2) is 32.6 Å². The molecule has 2 aliphatic rings. The zero-order valence-electron chi connectivity index (χ0n) is 14.6. The van der Waals surface area contributed by atoms with E-state index in [0.717, 1.165) is 27.8 Å². The molecule has 2 aliphatic carbocycles. The molecule has 2 N–H and O–H groups in total. The number of benzene rings is 1. The molecule has 1 aromatic carbocycles. The first-order valence-electron chi connectivity index (χ1n) is 8.97. The van der Waals surface area contributed by atoms with E-state index in [1.54, 1.807) is 0 Å². The molecule has 0 bridgehead atoms. The van der Waals surface area contributed by atoms with Crippen LogP contribution in [-0.2, 0) is 30.6 Å². The normalized spacial score (nSPS) is 20.8. The second kappa shape index (κ2) is 6.37. The summed E-state index contributed by atoms with van der Waals surface area (Å²) in [4.78, 5) is 12.8. The van der Waals surface area contributed by atoms with Gasteiger partial charge in [0.2, 0.25) is 0 Å². The van der Waals surface area contributed by atoms with Gasteiger partial charge in [0.25, 0.3) is 5.91 Å². The molecule has 5 nitrogen and oxygen atoms in total. The van der Waals surface area contributed by atoms with E-state index < -0.39 is 30.3 Å². The Bertz CT molecular complexity index is 850. The van der Waals surface area contributed by atoms with Gasteiger partial charge in [-0.25, -0.2) is 0 Å². The fraction of sp³-hybridized carbons (Fsp3) is 0.474. The van der Waals surface area contributed by atoms with Crippen molar-refractivity contribution in [3.63, 3.8) is 0 Å². The molecule has 4 rings (SSSR count). The smallest absolute Gasteiger partial charge is 0.379 e. The lowest BCUT2D eigenvalue weighted by molar-refractivity contribution is -0.143. The van der Waals surface area contributed by atoms with Gasteiger partial charge in [0.15, 0.2) is 5.60 Å². The minimum absolute atomic E-state index is 0.233. The van der Waals surface area contributed by atoms with E-state index in [-0.39, 0.29) is 12.8 Å². The number of aliphatic hydroxyl groups is 1. The Labute approximate surface area is 154 Å². The molecule has 0 radical (unpaired) electrons. The number of rotatable bonds is 3. The lowest BCUT2D eigenvalue weighted by Crippen LogP contribution is -2.49. The molecule has 8 heteroatoms. The molecule has 1 amide bonds. The van der Waals surface area contributed by atoms with E-state index >= 15 is 0 Å². The summed E-state index contributed by atoms with van der Waals surface area (Å²) in [6.45, 7) is -1.15. The Balaban J connectivity index is 1.50. The first kappa shape index (κ1) is 18.0. The maximum Gasteiger partial charge on any atom is 0.408 e. The Kier molecular flexibility index (Phi) is 4.25. The van der Waals surface area contributed by atoms with Gasteiger partial charge in [-0.2, -0.15) is 18.3 Å². The standard InChI is InChI=1S/C19H20F3N3O2/c20-19(21,22)11-25-10-14-6-3-7-15(16(14)24-25)23-17(26)18(27)8-12-4-1-2-5-13(12)9-18/h1-2,4-5,10,15,27H,3,6-9,11H2,(H,23,26). The first-order chi connectivity index (χ1) is 12.7. The number of halogens is 3. The quantitative estimate of drug-likeness (QED) is 0.861. The van der Waals surface area contributed by atoms with Crippen molar-refractivity contribution < 1.29 is 23.1 Å². The highest BCUT2D eigenvalue weighted by Crippen LogP contribution is 2.33. The van der Waals surface area contributed by atoms with Gasteiger partial charge in [-0.15, -0.1) is 0 Å². The van der Waals surface area contributed by atoms with Crippen LogP contribution in [0.1, 0.15) is 41.3 Å². The van der Waals surface area contributed by atoms with Crippen molar-refractivity contribution in [3.8, 4) is 0 Å². The van der Waals surface area contributed by atoms with Crippen LogP contribution in [0.25, 0.3) is 0 Å². The number of nitrogens with one attached hydrogen (secondary N) is 1. The van der Waals surface area contributed by atoms with E-state index in [1.165, 1.54) is 6.20 Å². The first-order valence-corrected chi connectivity index (χ1v) is 8.97. The molecule has 27 heavy (non-hydrogen) atoms. The van der Waals surface area contributed by atoms with Crippen LogP contribution < -0.4 is 5.32 Å². The molecule has 0 fully saturated rings. The number of alkyl halides is 3. The number of fused-ring (bicyclic) bond motifs is 2. The third-order valence-corrected chi connectivity index (χ3v) is 5.29. The summed E-state index contributed by atoms with van der Waals surface area (Å²) in [5, 5.41) is 17.7. The summed E-state index contributed by atoms with van der Waals surface area (Å²) in [7, 11) is 0. The van der Waals surface area contributed by atoms with Gasteiger partial charge in [0.05, 0.1) is 11.7 Å². The molecule has 1 unspecified atom stereocenters. The predicted octanol–water partition coefficient (Wildman–Crippen LogP) is 2.47. The third kappa shape index (κ3) is 3.58. The van der Waals surface area contributed by atoms with Crippen LogP contribution in [0.4, 0.5) is 13.2 Å². The predicted molar refractivity (Wildman–Crippen MR) is 90.9 cm³/mol. The average molecular weight is 379 g/mol. The SMILES string of the molecule is O=C(NC1CCCc2cn(CC(F)(F)F)nc21)C1(O)Cc2ccccc2C1. The molecular formula is C19H20F3N3O2. The molecule has 144 valence electrons. The van der Waals surface area contributed by atoms with Crippen LogP contribution in [0.3, 0.4) is 0 Å². The summed E-state index contributed by atoms with van der Waals surface area (Å²) in [5.41, 5.74) is 1.54. The number of nitrogens with zero attached hydrogens (tertiary/aromatic N) is 2. The van der Waals surface area contributed by atoms with E-state index in [0.29, 0.717) is 18.5 Å². The van der Waals surface area contributed by atoms with Crippen molar-refractivity contribution in [2.24, 2.45) is 0 Å². The van der Waals surface area contributed by atoms with Crippen LogP contribution >= 0.6 is 0 Å². The van der Waals surface area contributed by atoms with Crippen molar-refractivity contribution in [1.29, 1.82) is 0 Å². The maximum atomic E-state index is 12.8. The van der Waals surface area contributed by atoms with Crippen LogP contribution in [0.5, 0.6) is 0 Å². The zero-order chi connectivity index (χ0) is 19.2. The second-order valence-corrected chi connectivity index (χ2v) is 7.42. The highest BCUT2D eigenvalue weighted by atomic mass is 19.4. The topological polar surface area (TPSA) is 67.2 Å². The van der Waals surface area contributed by atoms with Gasteiger partial charge in [-0.1, -0.05) is 24.3 Å². The number of hydrogen-bond acceptors (Lipinski definition) is 3. The number of aromatic nitrogens is 2. The van der Waals surface area contributed by atoms with Crippen molar-refractivity contribution in [3.05, 3.63) is 52.8 Å². The molecule has 0 spiro atoms. The maximum absolute atomic E-state index is 12.8. The van der Waals surface area contributed by atoms with Crippen molar-refractivity contribution in [2.45, 2.75) is 56.5 Å². The molecule has 2 aromatic rings. The van der Waals surface area contributed by atoms with E-state index in [9.17, 15) is 23.1 Å². The van der Waals surface area contributed by atoms with Crippen LogP contribution in [0.2, 0.25) is 0 Å². The van der Waals surface area contributed by atoms with Gasteiger partial charge in [-0.05, 0) is 36.0 Å². The Morgan fingerprint density at radius 2 is 1.93 bits per heavy atom. The van der Waals surface area contributed by atoms with Crippen molar-refractivity contribution >= 4 is 5.91 Å². The highest BCUT2D eigenvalue weighted by Gasteiger charge is 2.43. The van der Waals surface area contributed by atoms with Gasteiger partial charge < -0.3 is 10.4 Å². The molecule has 0 saturated heterocycles. The van der Waals surface area contributed by atoms with Crippen LogP contribution in [0.15, 0.2) is 30.5 Å².